The van der Waals surface area contributed by atoms with Gasteiger partial charge in [0.1, 0.15) is 5.56 Å². The van der Waals surface area contributed by atoms with Gasteiger partial charge in [-0.3, -0.25) is 14.0 Å². The molecule has 1 unspecified atom stereocenters. The Morgan fingerprint density at radius 3 is 3.25 bits per heavy atom. The highest BCUT2D eigenvalue weighted by molar-refractivity contribution is 7.15. The molecule has 0 radical (unpaired) electrons. The minimum Gasteiger partial charge on any atom is -0.394 e. The summed E-state index contributed by atoms with van der Waals surface area (Å²) in [4.78, 5) is 30.9. The van der Waals surface area contributed by atoms with E-state index >= 15 is 0 Å². The lowest BCUT2D eigenvalue weighted by Crippen LogP contribution is -2.51. The first kappa shape index (κ1) is 13.2. The highest BCUT2D eigenvalue weighted by atomic mass is 32.1. The van der Waals surface area contributed by atoms with Gasteiger partial charge in [-0.15, -0.1) is 11.3 Å². The number of amides is 1. The van der Waals surface area contributed by atoms with Crippen LogP contribution in [0.1, 0.15) is 10.4 Å². The standard InChI is InChI=1S/C12H13N3O4S/c16-6-8-7-19-3-1-14(8)10(17)9-5-13-12-15(11(9)18)2-4-20-12/h2,4-5,8,16H,1,3,6-7H2. The van der Waals surface area contributed by atoms with Gasteiger partial charge in [-0.1, -0.05) is 0 Å². The maximum absolute atomic E-state index is 12.5. The van der Waals surface area contributed by atoms with Gasteiger partial charge in [0, 0.05) is 24.3 Å². The van der Waals surface area contributed by atoms with Crippen molar-refractivity contribution in [3.63, 3.8) is 0 Å². The van der Waals surface area contributed by atoms with E-state index in [0.29, 0.717) is 18.1 Å². The van der Waals surface area contributed by atoms with Crippen LogP contribution in [0.15, 0.2) is 22.6 Å². The van der Waals surface area contributed by atoms with E-state index in [1.54, 1.807) is 11.6 Å². The fraction of sp³-hybridized carbons (Fsp3) is 0.417. The highest BCUT2D eigenvalue weighted by Crippen LogP contribution is 2.11. The summed E-state index contributed by atoms with van der Waals surface area (Å²) in [6.07, 6.45) is 2.90. The summed E-state index contributed by atoms with van der Waals surface area (Å²) in [6.45, 7) is 0.840. The van der Waals surface area contributed by atoms with E-state index in [-0.39, 0.29) is 24.3 Å². The number of rotatable bonds is 2. The van der Waals surface area contributed by atoms with Crippen LogP contribution in [0, 0.1) is 0 Å². The number of nitrogens with zero attached hydrogens (tertiary/aromatic N) is 3. The largest absolute Gasteiger partial charge is 0.394 e. The molecule has 1 saturated heterocycles. The van der Waals surface area contributed by atoms with Crippen LogP contribution in [0.5, 0.6) is 0 Å². The monoisotopic (exact) mass is 295 g/mol. The number of thiazole rings is 1. The summed E-state index contributed by atoms with van der Waals surface area (Å²) in [5.74, 6) is -0.412. The third-order valence-electron chi connectivity index (χ3n) is 3.27. The molecule has 0 spiro atoms. The van der Waals surface area contributed by atoms with Crippen LogP contribution in [0.3, 0.4) is 0 Å². The molecule has 3 rings (SSSR count). The number of aliphatic hydroxyl groups is 1. The number of carbonyl (C=O) groups is 1. The summed E-state index contributed by atoms with van der Waals surface area (Å²) in [6, 6.07) is -0.418. The molecule has 1 atom stereocenters. The van der Waals surface area contributed by atoms with E-state index in [9.17, 15) is 14.7 Å². The van der Waals surface area contributed by atoms with Crippen molar-refractivity contribution >= 4 is 22.2 Å². The van der Waals surface area contributed by atoms with Crippen molar-refractivity contribution in [2.24, 2.45) is 0 Å². The molecule has 1 N–H and O–H groups in total. The second kappa shape index (κ2) is 5.31. The van der Waals surface area contributed by atoms with Gasteiger partial charge in [-0.25, -0.2) is 4.98 Å². The molecule has 2 aromatic rings. The van der Waals surface area contributed by atoms with Crippen LogP contribution < -0.4 is 5.56 Å². The van der Waals surface area contributed by atoms with Gasteiger partial charge >= 0.3 is 0 Å². The third-order valence-corrected chi connectivity index (χ3v) is 4.04. The van der Waals surface area contributed by atoms with Crippen LogP contribution in [-0.4, -0.2) is 57.7 Å². The van der Waals surface area contributed by atoms with Crippen LogP contribution in [0.25, 0.3) is 4.96 Å². The van der Waals surface area contributed by atoms with Crippen molar-refractivity contribution in [2.75, 3.05) is 26.4 Å². The average Bonchev–Trinajstić information content (AvgIpc) is 2.96. The topological polar surface area (TPSA) is 84.1 Å². The van der Waals surface area contributed by atoms with Gasteiger partial charge in [-0.05, 0) is 0 Å². The second-order valence-electron chi connectivity index (χ2n) is 4.44. The third kappa shape index (κ3) is 2.11. The molecule has 1 aliphatic heterocycles. The van der Waals surface area contributed by atoms with Crippen molar-refractivity contribution in [3.8, 4) is 0 Å². The SMILES string of the molecule is O=C(c1cnc2sccn2c1=O)N1CCOCC1CO. The summed E-state index contributed by atoms with van der Waals surface area (Å²) in [7, 11) is 0. The minimum absolute atomic E-state index is 0.0150. The zero-order valence-electron chi connectivity index (χ0n) is 10.6. The number of hydrogen-bond acceptors (Lipinski definition) is 6. The lowest BCUT2D eigenvalue weighted by molar-refractivity contribution is -0.0185. The van der Waals surface area contributed by atoms with Crippen molar-refractivity contribution in [1.82, 2.24) is 14.3 Å². The Bertz CT molecular complexity index is 695. The molecule has 8 heteroatoms. The van der Waals surface area contributed by atoms with E-state index in [4.69, 9.17) is 4.74 Å². The predicted octanol–water partition coefficient (Wildman–Crippen LogP) is -0.411. The second-order valence-corrected chi connectivity index (χ2v) is 5.32. The van der Waals surface area contributed by atoms with E-state index < -0.39 is 11.9 Å². The first-order valence-electron chi connectivity index (χ1n) is 6.17. The smallest absolute Gasteiger partial charge is 0.271 e. The summed E-state index contributed by atoms with van der Waals surface area (Å²) < 4.78 is 6.58. The Morgan fingerprint density at radius 1 is 1.60 bits per heavy atom. The Kier molecular flexibility index (Phi) is 3.51. The zero-order chi connectivity index (χ0) is 14.1. The van der Waals surface area contributed by atoms with Crippen molar-refractivity contribution in [3.05, 3.63) is 33.7 Å². The molecule has 1 amide bonds. The zero-order valence-corrected chi connectivity index (χ0v) is 11.4. The molecule has 106 valence electrons. The summed E-state index contributed by atoms with van der Waals surface area (Å²) in [5, 5.41) is 11.0. The molecule has 1 fully saturated rings. The molecule has 0 aliphatic carbocycles. The van der Waals surface area contributed by atoms with Gasteiger partial charge in [0.05, 0.1) is 25.9 Å². The van der Waals surface area contributed by atoms with Gasteiger partial charge < -0.3 is 14.7 Å². The van der Waals surface area contributed by atoms with Gasteiger partial charge in [0.25, 0.3) is 11.5 Å². The average molecular weight is 295 g/mol. The summed E-state index contributed by atoms with van der Waals surface area (Å²) >= 11 is 1.33. The molecule has 0 bridgehead atoms. The van der Waals surface area contributed by atoms with E-state index in [1.165, 1.54) is 26.8 Å². The van der Waals surface area contributed by atoms with Crippen molar-refractivity contribution < 1.29 is 14.6 Å². The number of carbonyl (C=O) groups excluding carboxylic acids is 1. The lowest BCUT2D eigenvalue weighted by atomic mass is 10.2. The van der Waals surface area contributed by atoms with Crippen molar-refractivity contribution in [1.29, 1.82) is 0 Å². The molecule has 2 aromatic heterocycles. The minimum atomic E-state index is -0.418. The van der Waals surface area contributed by atoms with Crippen molar-refractivity contribution in [2.45, 2.75) is 6.04 Å². The van der Waals surface area contributed by atoms with Crippen LogP contribution in [-0.2, 0) is 4.74 Å². The van der Waals surface area contributed by atoms with Crippen LogP contribution in [0.2, 0.25) is 0 Å². The van der Waals surface area contributed by atoms with E-state index in [0.717, 1.165) is 0 Å². The fourth-order valence-corrected chi connectivity index (χ4v) is 2.87. The number of aliphatic hydroxyl groups excluding tert-OH is 1. The molecule has 20 heavy (non-hydrogen) atoms. The highest BCUT2D eigenvalue weighted by Gasteiger charge is 2.29. The molecule has 3 heterocycles. The van der Waals surface area contributed by atoms with E-state index in [1.807, 2.05) is 0 Å². The number of morpholine rings is 1. The maximum Gasteiger partial charge on any atom is 0.271 e. The first-order chi connectivity index (χ1) is 9.72. The maximum atomic E-state index is 12.5. The number of aromatic nitrogens is 2. The Morgan fingerprint density at radius 2 is 2.45 bits per heavy atom. The van der Waals surface area contributed by atoms with Crippen LogP contribution in [0.4, 0.5) is 0 Å². The number of fused-ring (bicyclic) bond motifs is 1. The first-order valence-corrected chi connectivity index (χ1v) is 7.05. The van der Waals surface area contributed by atoms with Gasteiger partial charge in [0.15, 0.2) is 4.96 Å². The lowest BCUT2D eigenvalue weighted by Gasteiger charge is -2.34. The molecule has 0 aromatic carbocycles. The Hall–Kier alpha value is -1.77. The Balaban J connectivity index is 1.99. The molecular formula is C12H13N3O4S. The quantitative estimate of drug-likeness (QED) is 0.814. The number of hydrogen-bond donors (Lipinski definition) is 1. The molecule has 1 aliphatic rings. The number of ether oxygens (including phenoxy) is 1. The molecule has 0 saturated carbocycles. The fourth-order valence-electron chi connectivity index (χ4n) is 2.20. The summed E-state index contributed by atoms with van der Waals surface area (Å²) in [5.41, 5.74) is -0.370. The van der Waals surface area contributed by atoms with Gasteiger partial charge in [-0.2, -0.15) is 0 Å². The van der Waals surface area contributed by atoms with Gasteiger partial charge in [0.2, 0.25) is 0 Å². The predicted molar refractivity (Wildman–Crippen MR) is 72.1 cm³/mol. The van der Waals surface area contributed by atoms with E-state index in [2.05, 4.69) is 4.98 Å². The molecular weight excluding hydrogens is 282 g/mol. The van der Waals surface area contributed by atoms with Crippen LogP contribution >= 0.6 is 11.3 Å². The molecule has 7 nitrogen and oxygen atoms in total. The Labute approximate surface area is 118 Å². The normalized spacial score (nSPS) is 19.4.